The number of likely N-dealkylation sites (N-methyl/N-ethyl adjacent to an activating group) is 1. The third kappa shape index (κ3) is 7.94. The van der Waals surface area contributed by atoms with Crippen molar-refractivity contribution in [2.24, 2.45) is 0 Å². The van der Waals surface area contributed by atoms with E-state index in [4.69, 9.17) is 4.74 Å². The van der Waals surface area contributed by atoms with Gasteiger partial charge in [0.05, 0.1) is 6.04 Å². The number of hydrogen-bond donors (Lipinski definition) is 2. The monoisotopic (exact) mass is 590 g/mol. The number of hydrogen-bond acceptors (Lipinski definition) is 5. The molecular formula is C34H46N4O5. The second-order valence-corrected chi connectivity index (χ2v) is 12.9. The van der Waals surface area contributed by atoms with E-state index in [0.717, 1.165) is 42.4 Å². The molecule has 2 aliphatic heterocycles. The average Bonchev–Trinajstić information content (AvgIpc) is 3.39. The Hall–Kier alpha value is -3.88. The van der Waals surface area contributed by atoms with Gasteiger partial charge in [-0.1, -0.05) is 73.0 Å². The lowest BCUT2D eigenvalue weighted by Crippen LogP contribution is -2.58. The molecule has 0 bridgehead atoms. The summed E-state index contributed by atoms with van der Waals surface area (Å²) in [7, 11) is 1.51. The summed E-state index contributed by atoms with van der Waals surface area (Å²) in [6.45, 7) is 8.92. The van der Waals surface area contributed by atoms with Gasteiger partial charge in [-0.2, -0.15) is 0 Å². The predicted octanol–water partition coefficient (Wildman–Crippen LogP) is 4.87. The summed E-state index contributed by atoms with van der Waals surface area (Å²) >= 11 is 0. The molecule has 0 aromatic heterocycles. The van der Waals surface area contributed by atoms with E-state index >= 15 is 0 Å². The molecule has 4 amide bonds. The van der Waals surface area contributed by atoms with Crippen LogP contribution in [0.4, 0.5) is 4.79 Å². The molecule has 9 nitrogen and oxygen atoms in total. The smallest absolute Gasteiger partial charge is 0.410 e. The molecule has 232 valence electrons. The Morgan fingerprint density at radius 1 is 0.930 bits per heavy atom. The number of nitrogens with one attached hydrogen (secondary N) is 2. The molecule has 0 aliphatic carbocycles. The van der Waals surface area contributed by atoms with Gasteiger partial charge in [0.2, 0.25) is 17.7 Å². The predicted molar refractivity (Wildman–Crippen MR) is 165 cm³/mol. The highest BCUT2D eigenvalue weighted by atomic mass is 16.6. The molecule has 2 saturated heterocycles. The zero-order valence-electron chi connectivity index (χ0n) is 26.3. The van der Waals surface area contributed by atoms with Crippen LogP contribution in [0.3, 0.4) is 0 Å². The molecule has 2 fully saturated rings. The van der Waals surface area contributed by atoms with Gasteiger partial charge < -0.3 is 20.3 Å². The van der Waals surface area contributed by atoms with Crippen molar-refractivity contribution in [2.45, 2.75) is 109 Å². The van der Waals surface area contributed by atoms with E-state index in [1.165, 1.54) is 11.9 Å². The van der Waals surface area contributed by atoms with E-state index in [0.29, 0.717) is 12.8 Å². The Bertz CT molecular complexity index is 1290. The van der Waals surface area contributed by atoms with Gasteiger partial charge in [0, 0.05) is 13.1 Å². The molecule has 2 aromatic carbocycles. The molecule has 1 unspecified atom stereocenters. The first-order chi connectivity index (χ1) is 20.4. The Balaban J connectivity index is 1.51. The van der Waals surface area contributed by atoms with Gasteiger partial charge in [0.25, 0.3) is 0 Å². The van der Waals surface area contributed by atoms with Gasteiger partial charge in [-0.15, -0.1) is 0 Å². The molecule has 0 spiro atoms. The van der Waals surface area contributed by atoms with Crippen molar-refractivity contribution >= 4 is 23.8 Å². The summed E-state index contributed by atoms with van der Waals surface area (Å²) in [6, 6.07) is 15.2. The topological polar surface area (TPSA) is 108 Å². The molecule has 0 saturated carbocycles. The SMILES string of the molecule is Cc1ccc(C(NC(=O)[C@@H]2CC[C@@H]3CCCC[C@H](NC(=O)[C@H](C)N(C)C(=O)OC(C)(C)C)C(=O)N32)c2ccccc2)cc1. The number of ether oxygens (including phenoxy) is 1. The largest absolute Gasteiger partial charge is 0.444 e. The number of rotatable bonds is 7. The molecule has 2 heterocycles. The molecule has 9 heteroatoms. The van der Waals surface area contributed by atoms with Crippen LogP contribution in [0.25, 0.3) is 0 Å². The number of aryl methyl sites for hydroxylation is 1. The van der Waals surface area contributed by atoms with Gasteiger partial charge in [-0.05, 0) is 71.4 Å². The molecule has 2 aromatic rings. The van der Waals surface area contributed by atoms with Crippen LogP contribution in [0, 0.1) is 6.92 Å². The lowest BCUT2D eigenvalue weighted by Gasteiger charge is -2.36. The van der Waals surface area contributed by atoms with E-state index < -0.39 is 35.7 Å². The van der Waals surface area contributed by atoms with Crippen molar-refractivity contribution in [3.8, 4) is 0 Å². The maximum Gasteiger partial charge on any atom is 0.410 e. The van der Waals surface area contributed by atoms with Crippen LogP contribution >= 0.6 is 0 Å². The normalized spacial score (nSPS) is 22.0. The summed E-state index contributed by atoms with van der Waals surface area (Å²) in [5, 5.41) is 6.14. The fourth-order valence-corrected chi connectivity index (χ4v) is 5.89. The van der Waals surface area contributed by atoms with Gasteiger partial charge >= 0.3 is 6.09 Å². The number of amides is 4. The van der Waals surface area contributed by atoms with Crippen LogP contribution in [0.15, 0.2) is 54.6 Å². The summed E-state index contributed by atoms with van der Waals surface area (Å²) in [6.07, 6.45) is 3.68. The summed E-state index contributed by atoms with van der Waals surface area (Å²) < 4.78 is 5.40. The van der Waals surface area contributed by atoms with Crippen molar-refractivity contribution in [3.63, 3.8) is 0 Å². The standard InChI is InChI=1S/C34H46N4O5/c1-22-16-18-25(19-17-22)29(24-12-8-7-9-13-24)36-31(40)28-21-20-26-14-10-11-15-27(32(41)38(26)28)35-30(39)23(2)37(6)33(42)43-34(3,4)5/h7-9,12-13,16-19,23,26-29H,10-11,14-15,20-21H2,1-6H3,(H,35,39)(H,36,40)/t23-,26-,27-,28-,29?/m0/s1. The fourth-order valence-electron chi connectivity index (χ4n) is 5.89. The van der Waals surface area contributed by atoms with Gasteiger partial charge in [0.15, 0.2) is 0 Å². The van der Waals surface area contributed by atoms with E-state index in [2.05, 4.69) is 10.6 Å². The number of benzene rings is 2. The van der Waals surface area contributed by atoms with Crippen molar-refractivity contribution in [1.29, 1.82) is 0 Å². The summed E-state index contributed by atoms with van der Waals surface area (Å²) in [5.74, 6) is -0.879. The number of carbonyl (C=O) groups is 4. The summed E-state index contributed by atoms with van der Waals surface area (Å²) in [5.41, 5.74) is 2.36. The molecule has 0 radical (unpaired) electrons. The number of nitrogens with zero attached hydrogens (tertiary/aromatic N) is 2. The van der Waals surface area contributed by atoms with Crippen molar-refractivity contribution in [3.05, 3.63) is 71.3 Å². The van der Waals surface area contributed by atoms with E-state index in [1.807, 2.05) is 61.5 Å². The number of carbonyl (C=O) groups excluding carboxylic acids is 4. The number of fused-ring (bicyclic) bond motifs is 1. The van der Waals surface area contributed by atoms with Crippen LogP contribution < -0.4 is 10.6 Å². The first-order valence-electron chi connectivity index (χ1n) is 15.4. The Morgan fingerprint density at radius 2 is 1.56 bits per heavy atom. The van der Waals surface area contributed by atoms with E-state index in [1.54, 1.807) is 32.6 Å². The Labute approximate surface area is 255 Å². The van der Waals surface area contributed by atoms with Crippen LogP contribution in [0.5, 0.6) is 0 Å². The first kappa shape index (κ1) is 32.0. The first-order valence-corrected chi connectivity index (χ1v) is 15.4. The quantitative estimate of drug-likeness (QED) is 0.478. The molecule has 5 atom stereocenters. The zero-order valence-corrected chi connectivity index (χ0v) is 26.3. The Morgan fingerprint density at radius 3 is 2.21 bits per heavy atom. The van der Waals surface area contributed by atoms with Gasteiger partial charge in [-0.3, -0.25) is 19.3 Å². The molecule has 4 rings (SSSR count). The third-order valence-corrected chi connectivity index (χ3v) is 8.43. The average molecular weight is 591 g/mol. The minimum Gasteiger partial charge on any atom is -0.444 e. The minimum absolute atomic E-state index is 0.0561. The highest BCUT2D eigenvalue weighted by Crippen LogP contribution is 2.32. The zero-order chi connectivity index (χ0) is 31.3. The van der Waals surface area contributed by atoms with Crippen LogP contribution in [-0.4, -0.2) is 70.4 Å². The van der Waals surface area contributed by atoms with Gasteiger partial charge in [-0.25, -0.2) is 4.79 Å². The highest BCUT2D eigenvalue weighted by molar-refractivity contribution is 5.94. The van der Waals surface area contributed by atoms with Crippen molar-refractivity contribution < 1.29 is 23.9 Å². The van der Waals surface area contributed by atoms with Gasteiger partial charge in [0.1, 0.15) is 23.7 Å². The van der Waals surface area contributed by atoms with Crippen LogP contribution in [0.2, 0.25) is 0 Å². The highest BCUT2D eigenvalue weighted by Gasteiger charge is 2.44. The van der Waals surface area contributed by atoms with Crippen molar-refractivity contribution in [2.75, 3.05) is 7.05 Å². The molecule has 43 heavy (non-hydrogen) atoms. The van der Waals surface area contributed by atoms with E-state index in [9.17, 15) is 19.2 Å². The van der Waals surface area contributed by atoms with E-state index in [-0.39, 0.29) is 23.9 Å². The van der Waals surface area contributed by atoms with Crippen molar-refractivity contribution in [1.82, 2.24) is 20.4 Å². The summed E-state index contributed by atoms with van der Waals surface area (Å²) in [4.78, 5) is 56.7. The second kappa shape index (κ2) is 13.6. The molecule has 2 aliphatic rings. The minimum atomic E-state index is -0.845. The third-order valence-electron chi connectivity index (χ3n) is 8.43. The van der Waals surface area contributed by atoms with Crippen LogP contribution in [0.1, 0.15) is 89.0 Å². The van der Waals surface area contributed by atoms with Crippen LogP contribution in [-0.2, 0) is 19.1 Å². The lowest BCUT2D eigenvalue weighted by molar-refractivity contribution is -0.144. The molecule has 2 N–H and O–H groups in total. The second-order valence-electron chi connectivity index (χ2n) is 12.9. The maximum atomic E-state index is 14.0. The molecular weight excluding hydrogens is 544 g/mol. The fraction of sp³-hybridized carbons (Fsp3) is 0.529. The maximum absolute atomic E-state index is 14.0. The Kier molecular flexibility index (Phi) is 10.1. The lowest BCUT2D eigenvalue weighted by atomic mass is 9.97.